The van der Waals surface area contributed by atoms with Gasteiger partial charge in [0.05, 0.1) is 6.10 Å². The lowest BCUT2D eigenvalue weighted by molar-refractivity contribution is -0.106. The molecule has 3 aliphatic rings. The molecule has 1 saturated carbocycles. The number of nitrogens with zero attached hydrogens (tertiary/aromatic N) is 2. The normalized spacial score (nSPS) is 34.9. The van der Waals surface area contributed by atoms with Crippen LogP contribution in [-0.2, 0) is 4.74 Å². The van der Waals surface area contributed by atoms with Crippen LogP contribution in [0, 0.1) is 11.3 Å². The van der Waals surface area contributed by atoms with Crippen molar-refractivity contribution in [3.05, 3.63) is 0 Å². The average Bonchev–Trinajstić information content (AvgIpc) is 2.98. The second-order valence-electron chi connectivity index (χ2n) is 7.59. The van der Waals surface area contributed by atoms with Crippen molar-refractivity contribution in [3.8, 4) is 0 Å². The third kappa shape index (κ3) is 3.11. The predicted molar refractivity (Wildman–Crippen MR) is 90.2 cm³/mol. The van der Waals surface area contributed by atoms with Crippen LogP contribution < -0.4 is 10.6 Å². The second kappa shape index (κ2) is 6.75. The highest BCUT2D eigenvalue weighted by Crippen LogP contribution is 2.51. The molecule has 0 spiro atoms. The predicted octanol–water partition coefficient (Wildman–Crippen LogP) is 1.45. The highest BCUT2D eigenvalue weighted by Gasteiger charge is 2.59. The molecule has 0 aromatic heterocycles. The molecule has 5 heteroatoms. The van der Waals surface area contributed by atoms with E-state index in [-0.39, 0.29) is 5.41 Å². The van der Waals surface area contributed by atoms with Gasteiger partial charge in [0.15, 0.2) is 5.96 Å². The van der Waals surface area contributed by atoms with E-state index >= 15 is 0 Å². The molecule has 0 radical (unpaired) electrons. The summed E-state index contributed by atoms with van der Waals surface area (Å²) in [6.45, 7) is 10.1. The van der Waals surface area contributed by atoms with Gasteiger partial charge < -0.3 is 20.3 Å². The molecule has 0 aromatic rings. The third-order valence-corrected chi connectivity index (χ3v) is 5.79. The van der Waals surface area contributed by atoms with Gasteiger partial charge in [0, 0.05) is 44.1 Å². The Balaban J connectivity index is 1.44. The van der Waals surface area contributed by atoms with Crippen molar-refractivity contribution in [2.24, 2.45) is 16.3 Å². The Morgan fingerprint density at radius 3 is 2.77 bits per heavy atom. The van der Waals surface area contributed by atoms with Crippen molar-refractivity contribution in [1.29, 1.82) is 0 Å². The standard InChI is InChI=1S/C17H32N4O/c1-17(2)14(13-7-12-22-15(13)17)20-16(18-3)19-8-11-21-9-5-4-6-10-21/h13-15H,4-12H2,1-3H3,(H2,18,19,20). The van der Waals surface area contributed by atoms with Crippen LogP contribution in [0.25, 0.3) is 0 Å². The molecule has 22 heavy (non-hydrogen) atoms. The van der Waals surface area contributed by atoms with E-state index in [4.69, 9.17) is 4.74 Å². The van der Waals surface area contributed by atoms with Gasteiger partial charge in [0.1, 0.15) is 0 Å². The summed E-state index contributed by atoms with van der Waals surface area (Å²) in [5.74, 6) is 1.59. The van der Waals surface area contributed by atoms with Crippen molar-refractivity contribution in [3.63, 3.8) is 0 Å². The van der Waals surface area contributed by atoms with Gasteiger partial charge in [-0.2, -0.15) is 0 Å². The summed E-state index contributed by atoms with van der Waals surface area (Å²) in [5, 5.41) is 7.13. The lowest BCUT2D eigenvalue weighted by Crippen LogP contribution is -2.68. The van der Waals surface area contributed by atoms with Gasteiger partial charge in [-0.3, -0.25) is 4.99 Å². The van der Waals surface area contributed by atoms with E-state index in [1.165, 1.54) is 38.8 Å². The van der Waals surface area contributed by atoms with Crippen molar-refractivity contribution in [1.82, 2.24) is 15.5 Å². The Morgan fingerprint density at radius 1 is 1.27 bits per heavy atom. The first-order valence-corrected chi connectivity index (χ1v) is 8.94. The number of ether oxygens (including phenoxy) is 1. The Morgan fingerprint density at radius 2 is 2.05 bits per heavy atom. The summed E-state index contributed by atoms with van der Waals surface area (Å²) >= 11 is 0. The summed E-state index contributed by atoms with van der Waals surface area (Å²) in [5.41, 5.74) is 0.200. The summed E-state index contributed by atoms with van der Waals surface area (Å²) in [7, 11) is 1.87. The fraction of sp³-hybridized carbons (Fsp3) is 0.941. The van der Waals surface area contributed by atoms with Crippen molar-refractivity contribution in [2.45, 2.75) is 51.7 Å². The average molecular weight is 308 g/mol. The van der Waals surface area contributed by atoms with Crippen molar-refractivity contribution >= 4 is 5.96 Å². The molecular weight excluding hydrogens is 276 g/mol. The lowest BCUT2D eigenvalue weighted by atomic mass is 9.57. The molecule has 2 N–H and O–H groups in total. The van der Waals surface area contributed by atoms with Gasteiger partial charge in [-0.1, -0.05) is 20.3 Å². The summed E-state index contributed by atoms with van der Waals surface area (Å²) in [6.07, 6.45) is 5.71. The number of aliphatic imine (C=N–C) groups is 1. The van der Waals surface area contributed by atoms with Gasteiger partial charge in [0.25, 0.3) is 0 Å². The minimum absolute atomic E-state index is 0.200. The minimum Gasteiger partial charge on any atom is -0.377 e. The van der Waals surface area contributed by atoms with E-state index in [1.54, 1.807) is 0 Å². The molecule has 2 aliphatic heterocycles. The molecule has 3 unspecified atom stereocenters. The van der Waals surface area contributed by atoms with Crippen LogP contribution in [0.4, 0.5) is 0 Å². The number of fused-ring (bicyclic) bond motifs is 1. The fourth-order valence-corrected chi connectivity index (χ4v) is 4.47. The van der Waals surface area contributed by atoms with E-state index in [1.807, 2.05) is 7.05 Å². The second-order valence-corrected chi connectivity index (χ2v) is 7.59. The highest BCUT2D eigenvalue weighted by molar-refractivity contribution is 5.80. The summed E-state index contributed by atoms with van der Waals surface area (Å²) in [4.78, 5) is 6.96. The van der Waals surface area contributed by atoms with Crippen LogP contribution in [0.1, 0.15) is 39.5 Å². The van der Waals surface area contributed by atoms with E-state index in [2.05, 4.69) is 34.4 Å². The molecule has 1 aliphatic carbocycles. The Hall–Kier alpha value is -0.810. The first-order chi connectivity index (χ1) is 10.6. The SMILES string of the molecule is CN=C(NCCN1CCCCC1)NC1C2CCOC2C1(C)C. The fourth-order valence-electron chi connectivity index (χ4n) is 4.47. The molecule has 3 fully saturated rings. The van der Waals surface area contributed by atoms with E-state index < -0.39 is 0 Å². The number of nitrogens with one attached hydrogen (secondary N) is 2. The monoisotopic (exact) mass is 308 g/mol. The number of likely N-dealkylation sites (tertiary alicyclic amines) is 1. The Bertz CT molecular complexity index is 403. The maximum atomic E-state index is 5.87. The Kier molecular flexibility index (Phi) is 4.93. The van der Waals surface area contributed by atoms with Gasteiger partial charge in [-0.15, -0.1) is 0 Å². The molecule has 0 aromatic carbocycles. The molecule has 0 bridgehead atoms. The van der Waals surface area contributed by atoms with Gasteiger partial charge in [-0.05, 0) is 32.4 Å². The van der Waals surface area contributed by atoms with Crippen LogP contribution in [0.15, 0.2) is 4.99 Å². The number of piperidine rings is 1. The van der Waals surface area contributed by atoms with Crippen LogP contribution in [0.5, 0.6) is 0 Å². The topological polar surface area (TPSA) is 48.9 Å². The van der Waals surface area contributed by atoms with Crippen LogP contribution in [0.2, 0.25) is 0 Å². The van der Waals surface area contributed by atoms with Gasteiger partial charge in [-0.25, -0.2) is 0 Å². The van der Waals surface area contributed by atoms with E-state index in [0.29, 0.717) is 18.1 Å². The minimum atomic E-state index is 0.200. The lowest BCUT2D eigenvalue weighted by Gasteiger charge is -2.54. The zero-order valence-corrected chi connectivity index (χ0v) is 14.4. The summed E-state index contributed by atoms with van der Waals surface area (Å²) in [6, 6.07) is 0.473. The van der Waals surface area contributed by atoms with E-state index in [9.17, 15) is 0 Å². The number of guanidine groups is 1. The van der Waals surface area contributed by atoms with Gasteiger partial charge in [0.2, 0.25) is 0 Å². The third-order valence-electron chi connectivity index (χ3n) is 5.79. The number of rotatable bonds is 4. The molecule has 0 amide bonds. The molecule has 3 atom stereocenters. The zero-order valence-electron chi connectivity index (χ0n) is 14.4. The number of hydrogen-bond donors (Lipinski definition) is 2. The molecular formula is C17H32N4O. The number of hydrogen-bond acceptors (Lipinski definition) is 3. The molecule has 126 valence electrons. The first-order valence-electron chi connectivity index (χ1n) is 8.94. The van der Waals surface area contributed by atoms with Crippen LogP contribution >= 0.6 is 0 Å². The van der Waals surface area contributed by atoms with Gasteiger partial charge >= 0.3 is 0 Å². The molecule has 3 rings (SSSR count). The quantitative estimate of drug-likeness (QED) is 0.610. The van der Waals surface area contributed by atoms with Crippen molar-refractivity contribution < 1.29 is 4.74 Å². The first kappa shape index (κ1) is 16.1. The molecule has 5 nitrogen and oxygen atoms in total. The highest BCUT2D eigenvalue weighted by atomic mass is 16.5. The maximum absolute atomic E-state index is 5.87. The molecule has 2 heterocycles. The molecule has 2 saturated heterocycles. The van der Waals surface area contributed by atoms with Crippen LogP contribution in [0.3, 0.4) is 0 Å². The van der Waals surface area contributed by atoms with Crippen molar-refractivity contribution in [2.75, 3.05) is 39.8 Å². The van der Waals surface area contributed by atoms with Crippen LogP contribution in [-0.4, -0.2) is 62.8 Å². The largest absolute Gasteiger partial charge is 0.377 e. The smallest absolute Gasteiger partial charge is 0.191 e. The summed E-state index contributed by atoms with van der Waals surface area (Å²) < 4.78 is 5.87. The Labute approximate surface area is 134 Å². The zero-order chi connectivity index (χ0) is 15.6. The maximum Gasteiger partial charge on any atom is 0.191 e. The van der Waals surface area contributed by atoms with E-state index in [0.717, 1.165) is 25.7 Å².